The van der Waals surface area contributed by atoms with E-state index in [4.69, 9.17) is 14.6 Å². The molecule has 2 heterocycles. The number of ether oxygens (including phenoxy) is 2. The summed E-state index contributed by atoms with van der Waals surface area (Å²) in [4.78, 5) is 16.1. The molecule has 0 bridgehead atoms. The van der Waals surface area contributed by atoms with Crippen LogP contribution in [0, 0.1) is 0 Å². The molecule has 5 atom stereocenters. The molecule has 1 fully saturated rings. The van der Waals surface area contributed by atoms with Gasteiger partial charge in [0.25, 0.3) is 0 Å². The topological polar surface area (TPSA) is 91.6 Å². The van der Waals surface area contributed by atoms with Crippen LogP contribution < -0.4 is 0 Å². The van der Waals surface area contributed by atoms with Crippen LogP contribution in [0.5, 0.6) is 0 Å². The van der Waals surface area contributed by atoms with E-state index in [0.717, 1.165) is 22.2 Å². The van der Waals surface area contributed by atoms with E-state index in [0.29, 0.717) is 0 Å². The van der Waals surface area contributed by atoms with E-state index in [-0.39, 0.29) is 11.8 Å². The maximum absolute atomic E-state index is 15.0. The van der Waals surface area contributed by atoms with Gasteiger partial charge in [0, 0.05) is 7.05 Å². The lowest BCUT2D eigenvalue weighted by molar-refractivity contribution is -0.171. The van der Waals surface area contributed by atoms with Crippen molar-refractivity contribution >= 4 is 23.0 Å². The quantitative estimate of drug-likeness (QED) is 0.838. The van der Waals surface area contributed by atoms with Crippen molar-refractivity contribution in [1.29, 1.82) is 0 Å². The molecule has 2 aliphatic rings. The van der Waals surface area contributed by atoms with Crippen molar-refractivity contribution in [2.75, 3.05) is 13.7 Å². The Hall–Kier alpha value is -1.68. The molecule has 0 unspecified atom stereocenters. The average molecular weight is 370 g/mol. The summed E-state index contributed by atoms with van der Waals surface area (Å²) < 4.78 is 26.4. The highest BCUT2D eigenvalue weighted by atomic mass is 32.2. The van der Waals surface area contributed by atoms with Gasteiger partial charge in [0.15, 0.2) is 11.3 Å². The van der Waals surface area contributed by atoms with E-state index in [1.54, 1.807) is 0 Å². The molecule has 1 aromatic carbocycles. The number of fused-ring (bicyclic) bond motifs is 1. The second kappa shape index (κ2) is 7.69. The van der Waals surface area contributed by atoms with Crippen LogP contribution in [0.1, 0.15) is 5.56 Å². The highest BCUT2D eigenvalue weighted by Crippen LogP contribution is 2.39. The molecule has 0 aromatic heterocycles. The number of hydrogen-bond donors (Lipinski definition) is 2. The summed E-state index contributed by atoms with van der Waals surface area (Å²) in [7, 11) is 1.34. The molecule has 0 saturated carbocycles. The van der Waals surface area contributed by atoms with Crippen LogP contribution >= 0.6 is 11.8 Å². The predicted octanol–water partition coefficient (Wildman–Crippen LogP) is 1.71. The number of aliphatic hydroxyl groups is 1. The third-order valence-corrected chi connectivity index (χ3v) is 5.33. The first kappa shape index (κ1) is 18.1. The second-order valence-electron chi connectivity index (χ2n) is 5.79. The van der Waals surface area contributed by atoms with E-state index < -0.39 is 42.6 Å². The summed E-state index contributed by atoms with van der Waals surface area (Å²) >= 11 is 1.04. The molecule has 2 N–H and O–H groups in total. The zero-order chi connectivity index (χ0) is 18.0. The summed E-state index contributed by atoms with van der Waals surface area (Å²) in [5.74, 6) is 0. The molecular formula is C16H19FN2O5S. The van der Waals surface area contributed by atoms with Crippen LogP contribution in [-0.2, 0) is 16.1 Å². The van der Waals surface area contributed by atoms with Gasteiger partial charge in [0.2, 0.25) is 0 Å². The molecular weight excluding hydrogens is 351 g/mol. The molecule has 9 heteroatoms. The number of nitrogens with zero attached hydrogens (tertiary/aromatic N) is 2. The molecule has 0 aliphatic carbocycles. The highest BCUT2D eigenvalue weighted by molar-refractivity contribution is 8.14. The van der Waals surface area contributed by atoms with E-state index in [9.17, 15) is 14.3 Å². The van der Waals surface area contributed by atoms with Crippen LogP contribution in [0.25, 0.3) is 0 Å². The summed E-state index contributed by atoms with van der Waals surface area (Å²) in [6.45, 7) is -0.213. The molecule has 3 rings (SSSR count). The Kier molecular flexibility index (Phi) is 5.57. The third-order valence-electron chi connectivity index (χ3n) is 4.11. The Labute approximate surface area is 148 Å². The summed E-state index contributed by atoms with van der Waals surface area (Å²) in [5.41, 5.74) is 0.199. The molecule has 25 heavy (non-hydrogen) atoms. The van der Waals surface area contributed by atoms with Gasteiger partial charge in [-0.15, -0.1) is 0 Å². The Morgan fingerprint density at radius 3 is 2.80 bits per heavy atom. The van der Waals surface area contributed by atoms with Gasteiger partial charge in [-0.2, -0.15) is 0 Å². The lowest BCUT2D eigenvalue weighted by Crippen LogP contribution is -2.55. The van der Waals surface area contributed by atoms with E-state index in [2.05, 4.69) is 4.99 Å². The number of benzene rings is 1. The van der Waals surface area contributed by atoms with Gasteiger partial charge in [-0.25, -0.2) is 9.18 Å². The van der Waals surface area contributed by atoms with Crippen molar-refractivity contribution in [1.82, 2.24) is 4.90 Å². The Morgan fingerprint density at radius 1 is 1.44 bits per heavy atom. The second-order valence-corrected chi connectivity index (χ2v) is 6.86. The lowest BCUT2D eigenvalue weighted by atomic mass is 9.99. The first-order valence-electron chi connectivity index (χ1n) is 7.78. The average Bonchev–Trinajstić information content (AvgIpc) is 3.05. The van der Waals surface area contributed by atoms with Crippen molar-refractivity contribution < 1.29 is 28.9 Å². The number of amides is 1. The standard InChI is InChI=1S/C16H19FN2O5S/c1-19(16(21)22)15-18-12-11(17)13(10(7-20)24-14(12)25-15)23-8-9-5-3-2-4-6-9/h2-6,10-14,20H,7-8H2,1H3,(H,21,22)/t10-,11-,12-,13-,14-/m1/s1. The molecule has 0 radical (unpaired) electrons. The fourth-order valence-electron chi connectivity index (χ4n) is 2.73. The molecule has 2 aliphatic heterocycles. The monoisotopic (exact) mass is 370 g/mol. The van der Waals surface area contributed by atoms with Crippen LogP contribution in [0.4, 0.5) is 9.18 Å². The fourth-order valence-corrected chi connectivity index (χ4v) is 3.91. The van der Waals surface area contributed by atoms with Gasteiger partial charge in [0.05, 0.1) is 13.2 Å². The minimum atomic E-state index is -1.51. The molecule has 136 valence electrons. The first-order chi connectivity index (χ1) is 12.0. The Morgan fingerprint density at radius 2 is 2.16 bits per heavy atom. The van der Waals surface area contributed by atoms with Gasteiger partial charge in [-0.3, -0.25) is 9.89 Å². The maximum Gasteiger partial charge on any atom is 0.413 e. The number of hydrogen-bond acceptors (Lipinski definition) is 6. The number of halogens is 1. The van der Waals surface area contributed by atoms with E-state index in [1.807, 2.05) is 30.3 Å². The normalized spacial score (nSPS) is 31.3. The lowest BCUT2D eigenvalue weighted by Gasteiger charge is -2.38. The highest BCUT2D eigenvalue weighted by Gasteiger charge is 2.51. The molecule has 1 saturated heterocycles. The molecule has 7 nitrogen and oxygen atoms in total. The largest absolute Gasteiger partial charge is 0.465 e. The van der Waals surface area contributed by atoms with Crippen molar-refractivity contribution in [2.45, 2.75) is 36.5 Å². The fraction of sp³-hybridized carbons (Fsp3) is 0.500. The Bertz CT molecular complexity index is 647. The smallest absolute Gasteiger partial charge is 0.413 e. The van der Waals surface area contributed by atoms with Crippen LogP contribution in [0.2, 0.25) is 0 Å². The number of alkyl halides is 1. The summed E-state index contributed by atoms with van der Waals surface area (Å²) in [5, 5.41) is 18.7. The van der Waals surface area contributed by atoms with Crippen molar-refractivity contribution in [2.24, 2.45) is 4.99 Å². The van der Waals surface area contributed by atoms with Crippen LogP contribution in [-0.4, -0.2) is 69.9 Å². The SMILES string of the molecule is CN(C(=O)O)C1=N[C@@H]2[C@@H](F)[C@H](OCc3ccccc3)[C@@H](CO)O[C@@H]2S1. The van der Waals surface area contributed by atoms with Gasteiger partial charge in [-0.05, 0) is 5.56 Å². The first-order valence-corrected chi connectivity index (χ1v) is 8.66. The third kappa shape index (κ3) is 3.79. The van der Waals surface area contributed by atoms with Gasteiger partial charge in [0.1, 0.15) is 23.7 Å². The minimum Gasteiger partial charge on any atom is -0.465 e. The zero-order valence-corrected chi connectivity index (χ0v) is 14.3. The van der Waals surface area contributed by atoms with Crippen molar-refractivity contribution in [3.63, 3.8) is 0 Å². The van der Waals surface area contributed by atoms with E-state index in [1.165, 1.54) is 7.05 Å². The van der Waals surface area contributed by atoms with Gasteiger partial charge in [-0.1, -0.05) is 42.1 Å². The predicted molar refractivity (Wildman–Crippen MR) is 90.3 cm³/mol. The number of aliphatic imine (C=N–C) groups is 1. The van der Waals surface area contributed by atoms with E-state index >= 15 is 0 Å². The molecule has 1 aromatic rings. The number of carboxylic acid groups (broad SMARTS) is 1. The van der Waals surface area contributed by atoms with Gasteiger partial charge < -0.3 is 19.7 Å². The Balaban J connectivity index is 1.72. The van der Waals surface area contributed by atoms with Crippen LogP contribution in [0.15, 0.2) is 35.3 Å². The zero-order valence-electron chi connectivity index (χ0n) is 13.5. The van der Waals surface area contributed by atoms with Gasteiger partial charge >= 0.3 is 6.09 Å². The summed E-state index contributed by atoms with van der Waals surface area (Å²) in [6, 6.07) is 8.43. The number of aliphatic hydroxyl groups excluding tert-OH is 1. The van der Waals surface area contributed by atoms with Crippen LogP contribution in [0.3, 0.4) is 0 Å². The number of thioether (sulfide) groups is 1. The number of carbonyl (C=O) groups is 1. The van der Waals surface area contributed by atoms with Crippen molar-refractivity contribution in [3.05, 3.63) is 35.9 Å². The molecule has 1 amide bonds. The summed E-state index contributed by atoms with van der Waals surface area (Å²) in [6.07, 6.45) is -4.51. The number of amidine groups is 1. The minimum absolute atomic E-state index is 0.172. The molecule has 0 spiro atoms. The maximum atomic E-state index is 15.0. The number of rotatable bonds is 4. The van der Waals surface area contributed by atoms with Crippen molar-refractivity contribution in [3.8, 4) is 0 Å².